The van der Waals surface area contributed by atoms with Crippen LogP contribution in [0.25, 0.3) is 0 Å². The minimum Gasteiger partial charge on any atom is -0.373 e. The highest BCUT2D eigenvalue weighted by molar-refractivity contribution is 14.0. The average Bonchev–Trinajstić information content (AvgIpc) is 2.71. The van der Waals surface area contributed by atoms with E-state index in [4.69, 9.17) is 4.74 Å². The van der Waals surface area contributed by atoms with Crippen molar-refractivity contribution in [3.8, 4) is 0 Å². The van der Waals surface area contributed by atoms with Crippen LogP contribution in [0.15, 0.2) is 59.6 Å². The van der Waals surface area contributed by atoms with Gasteiger partial charge in [-0.2, -0.15) is 0 Å². The van der Waals surface area contributed by atoms with Crippen molar-refractivity contribution < 1.29 is 4.74 Å². The Bertz CT molecular complexity index is 757. The van der Waals surface area contributed by atoms with Gasteiger partial charge in [-0.05, 0) is 37.0 Å². The van der Waals surface area contributed by atoms with Crippen molar-refractivity contribution in [1.29, 1.82) is 0 Å². The number of aliphatic imine (C=N–C) groups is 1. The summed E-state index contributed by atoms with van der Waals surface area (Å²) in [6, 6.07) is 19.4. The summed E-state index contributed by atoms with van der Waals surface area (Å²) in [5, 5.41) is 6.78. The Labute approximate surface area is 198 Å². The van der Waals surface area contributed by atoms with E-state index in [1.165, 1.54) is 16.7 Å². The Hall–Kier alpha value is -1.64. The molecule has 2 unspecified atom stereocenters. The molecular formula is C24H35IN4O. The second kappa shape index (κ2) is 12.9. The summed E-state index contributed by atoms with van der Waals surface area (Å²) in [5.41, 5.74) is 3.93. The lowest BCUT2D eigenvalue weighted by molar-refractivity contribution is -0.0704. The van der Waals surface area contributed by atoms with E-state index >= 15 is 0 Å². The van der Waals surface area contributed by atoms with Crippen molar-refractivity contribution in [3.05, 3.63) is 71.3 Å². The maximum atomic E-state index is 5.82. The third kappa shape index (κ3) is 8.24. The van der Waals surface area contributed by atoms with Gasteiger partial charge in [-0.25, -0.2) is 0 Å². The van der Waals surface area contributed by atoms with Crippen LogP contribution in [0.5, 0.6) is 0 Å². The summed E-state index contributed by atoms with van der Waals surface area (Å²) >= 11 is 0. The minimum atomic E-state index is 0. The van der Waals surface area contributed by atoms with E-state index in [9.17, 15) is 0 Å². The molecule has 5 nitrogen and oxygen atoms in total. The third-order valence-electron chi connectivity index (χ3n) is 5.16. The van der Waals surface area contributed by atoms with Crippen LogP contribution in [0.2, 0.25) is 0 Å². The molecule has 2 N–H and O–H groups in total. The number of nitrogens with zero attached hydrogens (tertiary/aromatic N) is 2. The van der Waals surface area contributed by atoms with Gasteiger partial charge in [0.05, 0.1) is 12.2 Å². The van der Waals surface area contributed by atoms with Gasteiger partial charge in [0.2, 0.25) is 0 Å². The van der Waals surface area contributed by atoms with Crippen molar-refractivity contribution in [2.24, 2.45) is 4.99 Å². The molecule has 1 aliphatic heterocycles. The molecule has 0 aliphatic carbocycles. The molecule has 1 heterocycles. The second-order valence-electron chi connectivity index (χ2n) is 7.86. The standard InChI is InChI=1S/C24H34N4O.HI/c1-19-16-28(17-20(2)29-19)18-23-11-9-22(10-12-23)15-27-24(25-3)26-14-13-21-7-5-4-6-8-21;/h4-12,19-20H,13-18H2,1-3H3,(H2,25,26,27);1H. The fourth-order valence-corrected chi connectivity index (χ4v) is 3.81. The van der Waals surface area contributed by atoms with Crippen molar-refractivity contribution >= 4 is 29.9 Å². The Kier molecular flexibility index (Phi) is 10.6. The quantitative estimate of drug-likeness (QED) is 0.330. The summed E-state index contributed by atoms with van der Waals surface area (Å²) in [6.07, 6.45) is 1.60. The molecule has 1 fully saturated rings. The number of hydrogen-bond acceptors (Lipinski definition) is 3. The predicted molar refractivity (Wildman–Crippen MR) is 135 cm³/mol. The number of morpholine rings is 1. The topological polar surface area (TPSA) is 48.9 Å². The molecule has 30 heavy (non-hydrogen) atoms. The number of ether oxygens (including phenoxy) is 1. The van der Waals surface area contributed by atoms with Gasteiger partial charge in [0.15, 0.2) is 5.96 Å². The first kappa shape index (κ1) is 24.6. The van der Waals surface area contributed by atoms with Crippen LogP contribution in [0.3, 0.4) is 0 Å². The van der Waals surface area contributed by atoms with Crippen molar-refractivity contribution in [2.45, 2.75) is 45.6 Å². The minimum absolute atomic E-state index is 0. The van der Waals surface area contributed by atoms with Crippen LogP contribution in [-0.2, 0) is 24.2 Å². The average molecular weight is 522 g/mol. The number of rotatable bonds is 7. The highest BCUT2D eigenvalue weighted by Crippen LogP contribution is 2.14. The number of benzene rings is 2. The maximum absolute atomic E-state index is 5.82. The van der Waals surface area contributed by atoms with Gasteiger partial charge in [-0.3, -0.25) is 9.89 Å². The number of nitrogens with one attached hydrogen (secondary N) is 2. The summed E-state index contributed by atoms with van der Waals surface area (Å²) in [6.45, 7) is 8.90. The Morgan fingerprint density at radius 3 is 2.20 bits per heavy atom. The number of hydrogen-bond donors (Lipinski definition) is 2. The molecule has 1 aliphatic rings. The molecule has 2 aromatic carbocycles. The molecule has 2 aromatic rings. The van der Waals surface area contributed by atoms with E-state index in [2.05, 4.69) is 82.9 Å². The Morgan fingerprint density at radius 2 is 1.57 bits per heavy atom. The molecule has 0 aromatic heterocycles. The van der Waals surface area contributed by atoms with Gasteiger partial charge in [-0.1, -0.05) is 54.6 Å². The first-order valence-corrected chi connectivity index (χ1v) is 10.6. The van der Waals surface area contributed by atoms with Crippen molar-refractivity contribution in [2.75, 3.05) is 26.7 Å². The second-order valence-corrected chi connectivity index (χ2v) is 7.86. The molecule has 0 radical (unpaired) electrons. The van der Waals surface area contributed by atoms with Crippen molar-refractivity contribution in [3.63, 3.8) is 0 Å². The van der Waals surface area contributed by atoms with Gasteiger partial charge in [0.1, 0.15) is 0 Å². The molecule has 1 saturated heterocycles. The summed E-state index contributed by atoms with van der Waals surface area (Å²) in [7, 11) is 1.81. The largest absolute Gasteiger partial charge is 0.373 e. The van der Waals surface area contributed by atoms with E-state index in [0.29, 0.717) is 12.2 Å². The molecular weight excluding hydrogens is 487 g/mol. The zero-order valence-electron chi connectivity index (χ0n) is 18.3. The predicted octanol–water partition coefficient (Wildman–Crippen LogP) is 3.82. The molecule has 164 valence electrons. The highest BCUT2D eigenvalue weighted by Gasteiger charge is 2.21. The van der Waals surface area contributed by atoms with Crippen LogP contribution in [0.1, 0.15) is 30.5 Å². The fourth-order valence-electron chi connectivity index (χ4n) is 3.81. The molecule has 0 bridgehead atoms. The molecule has 6 heteroatoms. The normalized spacial score (nSPS) is 19.8. The van der Waals surface area contributed by atoms with E-state index in [1.54, 1.807) is 0 Å². The molecule has 0 amide bonds. The van der Waals surface area contributed by atoms with E-state index in [1.807, 2.05) is 13.1 Å². The molecule has 3 rings (SSSR count). The highest BCUT2D eigenvalue weighted by atomic mass is 127. The lowest BCUT2D eigenvalue weighted by atomic mass is 10.1. The lowest BCUT2D eigenvalue weighted by Crippen LogP contribution is -2.44. The SMILES string of the molecule is CN=C(NCCc1ccccc1)NCc1ccc(CN2CC(C)OC(C)C2)cc1.I. The van der Waals surface area contributed by atoms with E-state index in [0.717, 1.165) is 45.1 Å². The first-order chi connectivity index (χ1) is 14.1. The van der Waals surface area contributed by atoms with Crippen LogP contribution < -0.4 is 10.6 Å². The van der Waals surface area contributed by atoms with Crippen LogP contribution in [0, 0.1) is 0 Å². The first-order valence-electron chi connectivity index (χ1n) is 10.6. The monoisotopic (exact) mass is 522 g/mol. The van der Waals surface area contributed by atoms with Crippen LogP contribution in [0.4, 0.5) is 0 Å². The maximum Gasteiger partial charge on any atom is 0.191 e. The van der Waals surface area contributed by atoms with Gasteiger partial charge >= 0.3 is 0 Å². The molecule has 0 saturated carbocycles. The smallest absolute Gasteiger partial charge is 0.191 e. The summed E-state index contributed by atoms with van der Waals surface area (Å²) in [4.78, 5) is 6.80. The molecule has 2 atom stereocenters. The van der Waals surface area contributed by atoms with E-state index in [-0.39, 0.29) is 24.0 Å². The summed E-state index contributed by atoms with van der Waals surface area (Å²) in [5.74, 6) is 0.835. The number of halogens is 1. The zero-order valence-corrected chi connectivity index (χ0v) is 20.6. The van der Waals surface area contributed by atoms with Gasteiger partial charge in [0.25, 0.3) is 0 Å². The lowest BCUT2D eigenvalue weighted by Gasteiger charge is -2.35. The number of guanidine groups is 1. The Balaban J connectivity index is 0.00000320. The van der Waals surface area contributed by atoms with Crippen LogP contribution in [-0.4, -0.2) is 49.7 Å². The van der Waals surface area contributed by atoms with Gasteiger partial charge in [0, 0.05) is 39.8 Å². The van der Waals surface area contributed by atoms with Gasteiger partial charge < -0.3 is 15.4 Å². The Morgan fingerprint density at radius 1 is 0.933 bits per heavy atom. The third-order valence-corrected chi connectivity index (χ3v) is 5.16. The fraction of sp³-hybridized carbons (Fsp3) is 0.458. The van der Waals surface area contributed by atoms with Gasteiger partial charge in [-0.15, -0.1) is 24.0 Å². The van der Waals surface area contributed by atoms with Crippen LogP contribution >= 0.6 is 24.0 Å². The van der Waals surface area contributed by atoms with Crippen molar-refractivity contribution in [1.82, 2.24) is 15.5 Å². The summed E-state index contributed by atoms with van der Waals surface area (Å²) < 4.78 is 5.82. The zero-order chi connectivity index (χ0) is 20.5. The molecule has 0 spiro atoms. The van der Waals surface area contributed by atoms with E-state index < -0.39 is 0 Å².